The molecule has 2 N–H and O–H groups in total. The topological polar surface area (TPSA) is 55.6 Å². The van der Waals surface area contributed by atoms with E-state index in [1.165, 1.54) is 11.3 Å². The smallest absolute Gasteiger partial charge is 0.268 e. The van der Waals surface area contributed by atoms with Gasteiger partial charge in [0, 0.05) is 19.1 Å². The molecule has 1 aliphatic rings. The Kier molecular flexibility index (Phi) is 4.24. The SMILES string of the molecule is COc1ccsc1C(=O)N1CCCC(C)C1CN. The molecule has 4 nitrogen and oxygen atoms in total. The molecule has 1 aromatic heterocycles. The Labute approximate surface area is 112 Å². The van der Waals surface area contributed by atoms with Crippen LogP contribution in [-0.4, -0.2) is 37.0 Å². The zero-order chi connectivity index (χ0) is 13.1. The van der Waals surface area contributed by atoms with Gasteiger partial charge < -0.3 is 15.4 Å². The molecule has 2 atom stereocenters. The van der Waals surface area contributed by atoms with Crippen molar-refractivity contribution in [2.24, 2.45) is 11.7 Å². The lowest BCUT2D eigenvalue weighted by atomic mass is 9.90. The van der Waals surface area contributed by atoms with Crippen LogP contribution in [0.5, 0.6) is 5.75 Å². The Morgan fingerprint density at radius 1 is 1.67 bits per heavy atom. The number of hydrogen-bond acceptors (Lipinski definition) is 4. The molecular weight excluding hydrogens is 248 g/mol. The third-order valence-electron chi connectivity index (χ3n) is 3.66. The number of carbonyl (C=O) groups excluding carboxylic acids is 1. The van der Waals surface area contributed by atoms with Crippen molar-refractivity contribution in [1.29, 1.82) is 0 Å². The second kappa shape index (κ2) is 5.71. The summed E-state index contributed by atoms with van der Waals surface area (Å²) >= 11 is 1.43. The number of carbonyl (C=O) groups is 1. The van der Waals surface area contributed by atoms with Crippen molar-refractivity contribution in [1.82, 2.24) is 4.90 Å². The minimum atomic E-state index is 0.0591. The number of hydrogen-bond donors (Lipinski definition) is 1. The number of likely N-dealkylation sites (tertiary alicyclic amines) is 1. The summed E-state index contributed by atoms with van der Waals surface area (Å²) in [5.74, 6) is 1.20. The fourth-order valence-electron chi connectivity index (χ4n) is 2.61. The van der Waals surface area contributed by atoms with Crippen molar-refractivity contribution in [2.75, 3.05) is 20.2 Å². The molecule has 2 unspecified atom stereocenters. The maximum Gasteiger partial charge on any atom is 0.268 e. The highest BCUT2D eigenvalue weighted by molar-refractivity contribution is 7.12. The Morgan fingerprint density at radius 2 is 2.44 bits per heavy atom. The van der Waals surface area contributed by atoms with Gasteiger partial charge in [-0.3, -0.25) is 4.79 Å². The average molecular weight is 268 g/mol. The van der Waals surface area contributed by atoms with Gasteiger partial charge in [0.15, 0.2) is 0 Å². The molecule has 18 heavy (non-hydrogen) atoms. The molecule has 2 heterocycles. The van der Waals surface area contributed by atoms with Crippen LogP contribution >= 0.6 is 11.3 Å². The van der Waals surface area contributed by atoms with Crippen molar-refractivity contribution in [2.45, 2.75) is 25.8 Å². The van der Waals surface area contributed by atoms with Gasteiger partial charge in [0.2, 0.25) is 0 Å². The number of methoxy groups -OCH3 is 1. The van der Waals surface area contributed by atoms with Gasteiger partial charge in [-0.25, -0.2) is 0 Å². The van der Waals surface area contributed by atoms with E-state index < -0.39 is 0 Å². The zero-order valence-corrected chi connectivity index (χ0v) is 11.7. The molecule has 5 heteroatoms. The van der Waals surface area contributed by atoms with Crippen LogP contribution in [0.2, 0.25) is 0 Å². The molecule has 2 rings (SSSR count). The van der Waals surface area contributed by atoms with E-state index in [4.69, 9.17) is 10.5 Å². The summed E-state index contributed by atoms with van der Waals surface area (Å²) in [7, 11) is 1.60. The van der Waals surface area contributed by atoms with E-state index >= 15 is 0 Å². The number of nitrogens with zero attached hydrogens (tertiary/aromatic N) is 1. The van der Waals surface area contributed by atoms with E-state index in [2.05, 4.69) is 6.92 Å². The number of ether oxygens (including phenoxy) is 1. The first-order chi connectivity index (χ1) is 8.69. The lowest BCUT2D eigenvalue weighted by Crippen LogP contribution is -2.51. The van der Waals surface area contributed by atoms with Crippen molar-refractivity contribution in [3.05, 3.63) is 16.3 Å². The van der Waals surface area contributed by atoms with Crippen LogP contribution in [0.4, 0.5) is 0 Å². The Balaban J connectivity index is 2.21. The molecule has 1 fully saturated rings. The molecule has 0 aromatic carbocycles. The molecule has 1 aromatic rings. The summed E-state index contributed by atoms with van der Waals surface area (Å²) in [4.78, 5) is 15.2. The highest BCUT2D eigenvalue weighted by Crippen LogP contribution is 2.30. The molecule has 0 spiro atoms. The third kappa shape index (κ3) is 2.37. The molecule has 0 bridgehead atoms. The number of amides is 1. The molecule has 0 aliphatic carbocycles. The molecule has 100 valence electrons. The third-order valence-corrected chi connectivity index (χ3v) is 4.54. The quantitative estimate of drug-likeness (QED) is 0.911. The number of nitrogens with two attached hydrogens (primary N) is 1. The second-order valence-electron chi connectivity index (χ2n) is 4.74. The van der Waals surface area contributed by atoms with Gasteiger partial charge >= 0.3 is 0 Å². The maximum atomic E-state index is 12.6. The summed E-state index contributed by atoms with van der Waals surface area (Å²) in [5.41, 5.74) is 5.82. The van der Waals surface area contributed by atoms with Crippen molar-refractivity contribution in [3.63, 3.8) is 0 Å². The Morgan fingerprint density at radius 3 is 3.11 bits per heavy atom. The van der Waals surface area contributed by atoms with E-state index in [9.17, 15) is 4.79 Å². The van der Waals surface area contributed by atoms with Crippen LogP contribution in [0.25, 0.3) is 0 Å². The van der Waals surface area contributed by atoms with Crippen LogP contribution in [0, 0.1) is 5.92 Å². The van der Waals surface area contributed by atoms with Gasteiger partial charge in [-0.15, -0.1) is 11.3 Å². The predicted molar refractivity (Wildman–Crippen MR) is 73.1 cm³/mol. The first-order valence-corrected chi connectivity index (χ1v) is 7.19. The van der Waals surface area contributed by atoms with E-state index in [-0.39, 0.29) is 11.9 Å². The fraction of sp³-hybridized carbons (Fsp3) is 0.615. The summed E-state index contributed by atoms with van der Waals surface area (Å²) in [6.45, 7) is 3.50. The van der Waals surface area contributed by atoms with E-state index in [0.29, 0.717) is 23.1 Å². The zero-order valence-electron chi connectivity index (χ0n) is 10.9. The molecule has 0 radical (unpaired) electrons. The van der Waals surface area contributed by atoms with Gasteiger partial charge in [-0.2, -0.15) is 0 Å². The van der Waals surface area contributed by atoms with Crippen molar-refractivity contribution in [3.8, 4) is 5.75 Å². The van der Waals surface area contributed by atoms with E-state index in [1.807, 2.05) is 16.3 Å². The maximum absolute atomic E-state index is 12.6. The standard InChI is InChI=1S/C13H20N2O2S/c1-9-4-3-6-15(10(9)8-14)13(16)12-11(17-2)5-7-18-12/h5,7,9-10H,3-4,6,8,14H2,1-2H3. The number of rotatable bonds is 3. The Bertz CT molecular complexity index is 419. The summed E-state index contributed by atoms with van der Waals surface area (Å²) in [5, 5.41) is 1.89. The predicted octanol–water partition coefficient (Wildman–Crippen LogP) is 1.96. The summed E-state index contributed by atoms with van der Waals surface area (Å²) < 4.78 is 5.22. The van der Waals surface area contributed by atoms with Gasteiger partial charge in [0.1, 0.15) is 10.6 Å². The van der Waals surface area contributed by atoms with Crippen LogP contribution in [-0.2, 0) is 0 Å². The van der Waals surface area contributed by atoms with Crippen LogP contribution in [0.3, 0.4) is 0 Å². The number of piperidine rings is 1. The number of thiophene rings is 1. The van der Waals surface area contributed by atoms with Crippen LogP contribution in [0.15, 0.2) is 11.4 Å². The fourth-order valence-corrected chi connectivity index (χ4v) is 3.42. The molecular formula is C13H20N2O2S. The first-order valence-electron chi connectivity index (χ1n) is 6.31. The molecule has 1 aliphatic heterocycles. The van der Waals surface area contributed by atoms with Gasteiger partial charge in [0.25, 0.3) is 5.91 Å². The molecule has 1 amide bonds. The van der Waals surface area contributed by atoms with Gasteiger partial charge in [0.05, 0.1) is 7.11 Å². The molecule has 0 saturated carbocycles. The van der Waals surface area contributed by atoms with E-state index in [0.717, 1.165) is 19.4 Å². The van der Waals surface area contributed by atoms with Gasteiger partial charge in [-0.1, -0.05) is 6.92 Å². The lowest BCUT2D eigenvalue weighted by Gasteiger charge is -2.39. The minimum Gasteiger partial charge on any atom is -0.495 e. The largest absolute Gasteiger partial charge is 0.495 e. The lowest BCUT2D eigenvalue weighted by molar-refractivity contribution is 0.0534. The van der Waals surface area contributed by atoms with Crippen LogP contribution in [0.1, 0.15) is 29.4 Å². The van der Waals surface area contributed by atoms with E-state index in [1.54, 1.807) is 7.11 Å². The Hall–Kier alpha value is -1.07. The molecule has 1 saturated heterocycles. The highest BCUT2D eigenvalue weighted by atomic mass is 32.1. The first kappa shape index (κ1) is 13.4. The average Bonchev–Trinajstić information content (AvgIpc) is 2.85. The van der Waals surface area contributed by atoms with Crippen molar-refractivity contribution < 1.29 is 9.53 Å². The van der Waals surface area contributed by atoms with Gasteiger partial charge in [-0.05, 0) is 30.2 Å². The minimum absolute atomic E-state index is 0.0591. The highest BCUT2D eigenvalue weighted by Gasteiger charge is 2.32. The summed E-state index contributed by atoms with van der Waals surface area (Å²) in [6, 6.07) is 1.99. The monoisotopic (exact) mass is 268 g/mol. The summed E-state index contributed by atoms with van der Waals surface area (Å²) in [6.07, 6.45) is 2.20. The second-order valence-corrected chi connectivity index (χ2v) is 5.66. The van der Waals surface area contributed by atoms with Crippen molar-refractivity contribution >= 4 is 17.2 Å². The van der Waals surface area contributed by atoms with Crippen LogP contribution < -0.4 is 10.5 Å². The normalized spacial score (nSPS) is 24.1.